The van der Waals surface area contributed by atoms with E-state index in [4.69, 9.17) is 9.47 Å². The SMILES string of the molecule is Cc1ncsc1CN(CC1CCNC1)C(=O)c1cn(-c2ccc3c(c2)OCCO3)nn1. The average molecular weight is 441 g/mol. The molecule has 5 rings (SSSR count). The van der Waals surface area contributed by atoms with E-state index in [2.05, 4.69) is 20.6 Å². The van der Waals surface area contributed by atoms with Crippen molar-refractivity contribution in [2.24, 2.45) is 5.92 Å². The molecule has 1 saturated heterocycles. The summed E-state index contributed by atoms with van der Waals surface area (Å²) in [6.45, 7) is 6.16. The number of thiazole rings is 1. The molecule has 2 aromatic heterocycles. The summed E-state index contributed by atoms with van der Waals surface area (Å²) in [6, 6.07) is 5.57. The first-order chi connectivity index (χ1) is 15.2. The van der Waals surface area contributed by atoms with E-state index in [0.29, 0.717) is 49.4 Å². The first kappa shape index (κ1) is 20.0. The van der Waals surface area contributed by atoms with Crippen LogP contribution in [-0.2, 0) is 6.54 Å². The second-order valence-electron chi connectivity index (χ2n) is 7.78. The smallest absolute Gasteiger partial charge is 0.276 e. The Morgan fingerprint density at radius 1 is 1.32 bits per heavy atom. The van der Waals surface area contributed by atoms with Crippen LogP contribution in [0.4, 0.5) is 0 Å². The zero-order chi connectivity index (χ0) is 21.2. The Morgan fingerprint density at radius 3 is 2.97 bits per heavy atom. The van der Waals surface area contributed by atoms with Crippen molar-refractivity contribution in [3.05, 3.63) is 46.2 Å². The van der Waals surface area contributed by atoms with Crippen LogP contribution in [0.25, 0.3) is 5.69 Å². The van der Waals surface area contributed by atoms with Gasteiger partial charge in [-0.25, -0.2) is 9.67 Å². The third-order valence-corrected chi connectivity index (χ3v) is 6.53. The van der Waals surface area contributed by atoms with Gasteiger partial charge in [-0.3, -0.25) is 4.79 Å². The Kier molecular flexibility index (Phi) is 5.56. The van der Waals surface area contributed by atoms with Gasteiger partial charge in [-0.1, -0.05) is 5.21 Å². The summed E-state index contributed by atoms with van der Waals surface area (Å²) in [4.78, 5) is 20.7. The molecule has 10 heteroatoms. The summed E-state index contributed by atoms with van der Waals surface area (Å²) in [5.41, 5.74) is 3.87. The van der Waals surface area contributed by atoms with Crippen LogP contribution in [0.15, 0.2) is 29.9 Å². The highest BCUT2D eigenvalue weighted by Gasteiger charge is 2.26. The number of hydrogen-bond acceptors (Lipinski definition) is 8. The summed E-state index contributed by atoms with van der Waals surface area (Å²) in [5.74, 6) is 1.69. The van der Waals surface area contributed by atoms with Gasteiger partial charge in [0.1, 0.15) is 13.2 Å². The Balaban J connectivity index is 1.37. The predicted molar refractivity (Wildman–Crippen MR) is 115 cm³/mol. The van der Waals surface area contributed by atoms with Crippen LogP contribution in [0, 0.1) is 12.8 Å². The van der Waals surface area contributed by atoms with Crippen molar-refractivity contribution in [1.29, 1.82) is 0 Å². The van der Waals surface area contributed by atoms with Crippen LogP contribution in [0.3, 0.4) is 0 Å². The van der Waals surface area contributed by atoms with Crippen molar-refractivity contribution < 1.29 is 14.3 Å². The molecule has 9 nitrogen and oxygen atoms in total. The van der Waals surface area contributed by atoms with Gasteiger partial charge in [0.25, 0.3) is 5.91 Å². The molecule has 0 radical (unpaired) electrons. The fourth-order valence-electron chi connectivity index (χ4n) is 3.88. The van der Waals surface area contributed by atoms with E-state index in [1.165, 1.54) is 0 Å². The first-order valence-electron chi connectivity index (χ1n) is 10.4. The summed E-state index contributed by atoms with van der Waals surface area (Å²) in [6.07, 6.45) is 2.74. The lowest BCUT2D eigenvalue weighted by Crippen LogP contribution is -2.35. The van der Waals surface area contributed by atoms with E-state index in [1.54, 1.807) is 22.2 Å². The number of hydrogen-bond donors (Lipinski definition) is 1. The van der Waals surface area contributed by atoms with Crippen LogP contribution in [0.1, 0.15) is 27.5 Å². The van der Waals surface area contributed by atoms with Gasteiger partial charge in [-0.15, -0.1) is 16.4 Å². The zero-order valence-corrected chi connectivity index (χ0v) is 18.1. The minimum atomic E-state index is -0.122. The van der Waals surface area contributed by atoms with E-state index >= 15 is 0 Å². The number of carbonyl (C=O) groups is 1. The molecule has 1 fully saturated rings. The van der Waals surface area contributed by atoms with Gasteiger partial charge < -0.3 is 19.7 Å². The van der Waals surface area contributed by atoms with Crippen molar-refractivity contribution in [3.63, 3.8) is 0 Å². The molecular formula is C21H24N6O3S. The summed E-state index contributed by atoms with van der Waals surface area (Å²) in [7, 11) is 0. The van der Waals surface area contributed by atoms with Gasteiger partial charge in [0.05, 0.1) is 29.6 Å². The fourth-order valence-corrected chi connectivity index (χ4v) is 4.67. The Bertz CT molecular complexity index is 1070. The zero-order valence-electron chi connectivity index (χ0n) is 17.3. The van der Waals surface area contributed by atoms with Crippen LogP contribution < -0.4 is 14.8 Å². The van der Waals surface area contributed by atoms with Gasteiger partial charge in [0, 0.05) is 17.5 Å². The van der Waals surface area contributed by atoms with E-state index in [0.717, 1.165) is 35.8 Å². The molecule has 1 atom stereocenters. The maximum Gasteiger partial charge on any atom is 0.276 e. The number of fused-ring (bicyclic) bond motifs is 1. The highest BCUT2D eigenvalue weighted by molar-refractivity contribution is 7.09. The molecule has 1 aromatic carbocycles. The van der Waals surface area contributed by atoms with Gasteiger partial charge in [0.15, 0.2) is 17.2 Å². The molecule has 1 unspecified atom stereocenters. The maximum atomic E-state index is 13.4. The number of amides is 1. The van der Waals surface area contributed by atoms with E-state index in [9.17, 15) is 4.79 Å². The Labute approximate surface area is 184 Å². The van der Waals surface area contributed by atoms with Crippen molar-refractivity contribution in [3.8, 4) is 17.2 Å². The summed E-state index contributed by atoms with van der Waals surface area (Å²) < 4.78 is 12.8. The van der Waals surface area contributed by atoms with Gasteiger partial charge in [-0.2, -0.15) is 0 Å². The summed E-state index contributed by atoms with van der Waals surface area (Å²) >= 11 is 1.58. The van der Waals surface area contributed by atoms with Crippen molar-refractivity contribution in [2.45, 2.75) is 19.9 Å². The molecule has 162 valence electrons. The van der Waals surface area contributed by atoms with Crippen LogP contribution >= 0.6 is 11.3 Å². The molecule has 0 bridgehead atoms. The molecule has 0 spiro atoms. The normalized spacial score (nSPS) is 17.6. The molecule has 2 aliphatic heterocycles. The lowest BCUT2D eigenvalue weighted by molar-refractivity contribution is 0.0714. The van der Waals surface area contributed by atoms with Crippen LogP contribution in [-0.4, -0.2) is 63.6 Å². The average Bonchev–Trinajstić information content (AvgIpc) is 3.56. The van der Waals surface area contributed by atoms with Crippen molar-refractivity contribution >= 4 is 17.2 Å². The second kappa shape index (κ2) is 8.64. The number of ether oxygens (including phenoxy) is 2. The van der Waals surface area contributed by atoms with E-state index < -0.39 is 0 Å². The van der Waals surface area contributed by atoms with Crippen LogP contribution in [0.5, 0.6) is 11.5 Å². The Morgan fingerprint density at radius 2 is 2.19 bits per heavy atom. The molecule has 2 aliphatic rings. The van der Waals surface area contributed by atoms with Crippen molar-refractivity contribution in [2.75, 3.05) is 32.8 Å². The quantitative estimate of drug-likeness (QED) is 0.627. The van der Waals surface area contributed by atoms with Crippen LogP contribution in [0.2, 0.25) is 0 Å². The number of nitrogens with one attached hydrogen (secondary N) is 1. The molecule has 31 heavy (non-hydrogen) atoms. The number of aromatic nitrogens is 4. The number of rotatable bonds is 6. The lowest BCUT2D eigenvalue weighted by atomic mass is 10.1. The monoisotopic (exact) mass is 440 g/mol. The van der Waals surface area contributed by atoms with Gasteiger partial charge in [-0.05, 0) is 44.5 Å². The fraction of sp³-hybridized carbons (Fsp3) is 0.429. The van der Waals surface area contributed by atoms with E-state index in [-0.39, 0.29) is 5.91 Å². The molecule has 1 N–H and O–H groups in total. The molecule has 1 amide bonds. The number of nitrogens with zero attached hydrogens (tertiary/aromatic N) is 5. The highest BCUT2D eigenvalue weighted by Crippen LogP contribution is 2.31. The number of aryl methyl sites for hydroxylation is 1. The number of benzene rings is 1. The minimum Gasteiger partial charge on any atom is -0.486 e. The largest absolute Gasteiger partial charge is 0.486 e. The minimum absolute atomic E-state index is 0.122. The first-order valence-corrected chi connectivity index (χ1v) is 11.3. The lowest BCUT2D eigenvalue weighted by Gasteiger charge is -2.24. The molecule has 0 saturated carbocycles. The Hall–Kier alpha value is -2.98. The molecule has 0 aliphatic carbocycles. The predicted octanol–water partition coefficient (Wildman–Crippen LogP) is 2.06. The standard InChI is InChI=1S/C21H24N6O3S/c1-14-20(31-13-23-14)12-26(10-15-4-5-22-9-15)21(28)17-11-27(25-24-17)16-2-3-18-19(8-16)30-7-6-29-18/h2-3,8,11,13,15,22H,4-7,9-10,12H2,1H3. The molecule has 4 heterocycles. The topological polar surface area (TPSA) is 94.4 Å². The summed E-state index contributed by atoms with van der Waals surface area (Å²) in [5, 5.41) is 11.7. The van der Waals surface area contributed by atoms with Gasteiger partial charge in [0.2, 0.25) is 0 Å². The highest BCUT2D eigenvalue weighted by atomic mass is 32.1. The maximum absolute atomic E-state index is 13.4. The third kappa shape index (κ3) is 4.26. The third-order valence-electron chi connectivity index (χ3n) is 5.61. The van der Waals surface area contributed by atoms with Crippen molar-refractivity contribution in [1.82, 2.24) is 30.2 Å². The van der Waals surface area contributed by atoms with Gasteiger partial charge >= 0.3 is 0 Å². The molecule has 3 aromatic rings. The molecular weight excluding hydrogens is 416 g/mol. The van der Waals surface area contributed by atoms with E-state index in [1.807, 2.05) is 35.5 Å². The second-order valence-corrected chi connectivity index (χ2v) is 8.72. The number of carbonyl (C=O) groups excluding carboxylic acids is 1.